The molecule has 0 bridgehead atoms. The maximum Gasteiger partial charge on any atom is 0.157 e. The number of pyridine rings is 1. The van der Waals surface area contributed by atoms with Crippen molar-refractivity contribution in [1.82, 2.24) is 9.38 Å². The average Bonchev–Trinajstić information content (AvgIpc) is 2.76. The molecule has 0 aliphatic heterocycles. The highest BCUT2D eigenvalue weighted by Gasteiger charge is 2.15. The summed E-state index contributed by atoms with van der Waals surface area (Å²) < 4.78 is 2.04. The number of aromatic nitrogens is 2. The van der Waals surface area contributed by atoms with Crippen LogP contribution in [0.2, 0.25) is 0 Å². The molecule has 0 radical (unpaired) electrons. The first-order chi connectivity index (χ1) is 9.13. The van der Waals surface area contributed by atoms with Gasteiger partial charge in [0.25, 0.3) is 0 Å². The zero-order chi connectivity index (χ0) is 13.6. The minimum Gasteiger partial charge on any atom is -0.364 e. The Morgan fingerprint density at radius 3 is 2.68 bits per heavy atom. The van der Waals surface area contributed by atoms with Gasteiger partial charge >= 0.3 is 0 Å². The number of hydrogen-bond acceptors (Lipinski definition) is 3. The van der Waals surface area contributed by atoms with E-state index in [9.17, 15) is 5.26 Å². The van der Waals surface area contributed by atoms with Gasteiger partial charge in [-0.2, -0.15) is 5.26 Å². The Balaban J connectivity index is 2.61. The average molecular weight is 250 g/mol. The van der Waals surface area contributed by atoms with E-state index in [2.05, 4.69) is 11.1 Å². The standard InChI is InChI=1S/C15H14N4/c1-10-8-14(18(2)3)19-13-7-5-4-6-12(13)17-15(19)11(10)9-16/h4-8H,1-3H3. The van der Waals surface area contributed by atoms with Gasteiger partial charge in [0.05, 0.1) is 16.6 Å². The number of benzene rings is 1. The topological polar surface area (TPSA) is 44.3 Å². The van der Waals surface area contributed by atoms with E-state index < -0.39 is 0 Å². The lowest BCUT2D eigenvalue weighted by Gasteiger charge is -2.17. The van der Waals surface area contributed by atoms with Crippen LogP contribution in [0.1, 0.15) is 11.1 Å². The van der Waals surface area contributed by atoms with Gasteiger partial charge in [0.15, 0.2) is 5.65 Å². The van der Waals surface area contributed by atoms with Gasteiger partial charge < -0.3 is 4.90 Å². The van der Waals surface area contributed by atoms with E-state index in [0.29, 0.717) is 5.56 Å². The van der Waals surface area contributed by atoms with Crippen molar-refractivity contribution in [3.8, 4) is 6.07 Å². The molecular formula is C15H14N4. The third-order valence-electron chi connectivity index (χ3n) is 3.32. The highest BCUT2D eigenvalue weighted by atomic mass is 15.2. The molecule has 0 unspecified atom stereocenters. The molecule has 0 amide bonds. The Bertz CT molecular complexity index is 821. The van der Waals surface area contributed by atoms with E-state index in [-0.39, 0.29) is 0 Å². The fourth-order valence-corrected chi connectivity index (χ4v) is 2.40. The first-order valence-electron chi connectivity index (χ1n) is 6.11. The van der Waals surface area contributed by atoms with Crippen molar-refractivity contribution in [2.45, 2.75) is 6.92 Å². The first kappa shape index (κ1) is 11.5. The van der Waals surface area contributed by atoms with Crippen molar-refractivity contribution in [3.05, 3.63) is 41.5 Å². The molecule has 19 heavy (non-hydrogen) atoms. The molecule has 0 fully saturated rings. The second-order valence-electron chi connectivity index (χ2n) is 4.83. The normalized spacial score (nSPS) is 10.8. The van der Waals surface area contributed by atoms with Crippen LogP contribution in [-0.2, 0) is 0 Å². The number of aryl methyl sites for hydroxylation is 1. The molecule has 2 heterocycles. The largest absolute Gasteiger partial charge is 0.364 e. The van der Waals surface area contributed by atoms with Gasteiger partial charge in [0, 0.05) is 14.1 Å². The Hall–Kier alpha value is -2.54. The number of para-hydroxylation sites is 2. The maximum atomic E-state index is 9.35. The molecule has 0 saturated heterocycles. The molecule has 4 heteroatoms. The molecule has 0 aliphatic rings. The van der Waals surface area contributed by atoms with E-state index >= 15 is 0 Å². The summed E-state index contributed by atoms with van der Waals surface area (Å²) in [4.78, 5) is 6.64. The smallest absolute Gasteiger partial charge is 0.157 e. The second kappa shape index (κ2) is 3.99. The number of rotatable bonds is 1. The highest BCUT2D eigenvalue weighted by Crippen LogP contribution is 2.27. The summed E-state index contributed by atoms with van der Waals surface area (Å²) in [5.41, 5.74) is 4.26. The van der Waals surface area contributed by atoms with E-state index in [1.807, 2.05) is 60.7 Å². The van der Waals surface area contributed by atoms with Gasteiger partial charge in [-0.25, -0.2) is 4.98 Å². The van der Waals surface area contributed by atoms with Crippen molar-refractivity contribution >= 4 is 22.5 Å². The van der Waals surface area contributed by atoms with Crippen LogP contribution in [0.5, 0.6) is 0 Å². The number of nitrogens with zero attached hydrogens (tertiary/aromatic N) is 4. The van der Waals surface area contributed by atoms with Crippen LogP contribution in [-0.4, -0.2) is 23.5 Å². The summed E-state index contributed by atoms with van der Waals surface area (Å²) in [7, 11) is 3.99. The summed E-state index contributed by atoms with van der Waals surface area (Å²) in [5, 5.41) is 9.35. The molecule has 1 aromatic carbocycles. The predicted octanol–water partition coefficient (Wildman–Crippen LogP) is 2.73. The molecule has 94 valence electrons. The Labute approximate surface area is 111 Å². The molecule has 4 nitrogen and oxygen atoms in total. The van der Waals surface area contributed by atoms with Gasteiger partial charge in [-0.05, 0) is 30.7 Å². The van der Waals surface area contributed by atoms with Crippen LogP contribution >= 0.6 is 0 Å². The zero-order valence-electron chi connectivity index (χ0n) is 11.2. The van der Waals surface area contributed by atoms with Crippen LogP contribution in [0.15, 0.2) is 30.3 Å². The highest BCUT2D eigenvalue weighted by molar-refractivity contribution is 5.85. The van der Waals surface area contributed by atoms with Crippen LogP contribution in [0, 0.1) is 18.3 Å². The minimum atomic E-state index is 0.641. The Kier molecular flexibility index (Phi) is 2.42. The minimum absolute atomic E-state index is 0.641. The molecule has 2 aromatic heterocycles. The van der Waals surface area contributed by atoms with Crippen molar-refractivity contribution in [3.63, 3.8) is 0 Å². The molecule has 0 N–H and O–H groups in total. The lowest BCUT2D eigenvalue weighted by molar-refractivity contribution is 1.03. The number of fused-ring (bicyclic) bond motifs is 3. The number of anilines is 1. The van der Waals surface area contributed by atoms with Gasteiger partial charge in [-0.3, -0.25) is 4.40 Å². The lowest BCUT2D eigenvalue weighted by atomic mass is 10.1. The van der Waals surface area contributed by atoms with Gasteiger partial charge in [-0.15, -0.1) is 0 Å². The molecule has 3 aromatic rings. The van der Waals surface area contributed by atoms with Crippen LogP contribution < -0.4 is 4.90 Å². The third kappa shape index (κ3) is 1.55. The van der Waals surface area contributed by atoms with Crippen molar-refractivity contribution in [2.24, 2.45) is 0 Å². The Morgan fingerprint density at radius 1 is 1.26 bits per heavy atom. The maximum absolute atomic E-state index is 9.35. The summed E-state index contributed by atoms with van der Waals surface area (Å²) in [6.45, 7) is 1.95. The molecule has 0 aliphatic carbocycles. The fourth-order valence-electron chi connectivity index (χ4n) is 2.40. The van der Waals surface area contributed by atoms with Crippen LogP contribution in [0.25, 0.3) is 16.7 Å². The van der Waals surface area contributed by atoms with Gasteiger partial charge in [0.2, 0.25) is 0 Å². The SMILES string of the molecule is Cc1cc(N(C)C)n2c(nc3ccccc32)c1C#N. The predicted molar refractivity (Wildman–Crippen MR) is 76.5 cm³/mol. The van der Waals surface area contributed by atoms with E-state index in [0.717, 1.165) is 28.1 Å². The fraction of sp³-hybridized carbons (Fsp3) is 0.200. The monoisotopic (exact) mass is 250 g/mol. The van der Waals surface area contributed by atoms with Crippen LogP contribution in [0.4, 0.5) is 5.82 Å². The van der Waals surface area contributed by atoms with Crippen molar-refractivity contribution in [2.75, 3.05) is 19.0 Å². The quantitative estimate of drug-likeness (QED) is 0.667. The summed E-state index contributed by atoms with van der Waals surface area (Å²) >= 11 is 0. The van der Waals surface area contributed by atoms with E-state index in [1.165, 1.54) is 0 Å². The van der Waals surface area contributed by atoms with Crippen molar-refractivity contribution in [1.29, 1.82) is 5.26 Å². The van der Waals surface area contributed by atoms with Gasteiger partial charge in [-0.1, -0.05) is 12.1 Å². The second-order valence-corrected chi connectivity index (χ2v) is 4.83. The summed E-state index contributed by atoms with van der Waals surface area (Å²) in [6.07, 6.45) is 0. The number of hydrogen-bond donors (Lipinski definition) is 0. The van der Waals surface area contributed by atoms with E-state index in [4.69, 9.17) is 0 Å². The molecule has 3 rings (SSSR count). The summed E-state index contributed by atoms with van der Waals surface area (Å²) in [5.74, 6) is 1.03. The zero-order valence-corrected chi connectivity index (χ0v) is 11.2. The Morgan fingerprint density at radius 2 is 2.00 bits per heavy atom. The molecule has 0 saturated carbocycles. The lowest BCUT2D eigenvalue weighted by Crippen LogP contribution is -2.14. The number of nitriles is 1. The van der Waals surface area contributed by atoms with Crippen molar-refractivity contribution < 1.29 is 0 Å². The van der Waals surface area contributed by atoms with E-state index in [1.54, 1.807) is 0 Å². The molecular weight excluding hydrogens is 236 g/mol. The summed E-state index contributed by atoms with van der Waals surface area (Å²) in [6, 6.07) is 12.2. The molecule has 0 atom stereocenters. The molecule has 0 spiro atoms. The number of imidazole rings is 1. The van der Waals surface area contributed by atoms with Crippen LogP contribution in [0.3, 0.4) is 0 Å². The first-order valence-corrected chi connectivity index (χ1v) is 6.11. The third-order valence-corrected chi connectivity index (χ3v) is 3.32. The van der Waals surface area contributed by atoms with Gasteiger partial charge in [0.1, 0.15) is 11.9 Å².